The summed E-state index contributed by atoms with van der Waals surface area (Å²) in [5.41, 5.74) is 8.86. The minimum absolute atomic E-state index is 0. The Morgan fingerprint density at radius 1 is 1.15 bits per heavy atom. The van der Waals surface area contributed by atoms with Crippen LogP contribution < -0.4 is 15.8 Å². The highest BCUT2D eigenvalue weighted by molar-refractivity contribution is 14.0. The van der Waals surface area contributed by atoms with Gasteiger partial charge in [0.05, 0.1) is 18.0 Å². The van der Waals surface area contributed by atoms with Gasteiger partial charge in [0.25, 0.3) is 0 Å². The van der Waals surface area contributed by atoms with Gasteiger partial charge < -0.3 is 20.8 Å². The highest BCUT2D eigenvalue weighted by Crippen LogP contribution is 2.17. The largest absolute Gasteiger partial charge is 0.491 e. The summed E-state index contributed by atoms with van der Waals surface area (Å²) in [6, 6.07) is 17.6. The van der Waals surface area contributed by atoms with Crippen molar-refractivity contribution in [2.24, 2.45) is 10.7 Å². The molecule has 142 valence electrons. The molecule has 0 atom stereocenters. The molecule has 0 amide bonds. The third-order valence-corrected chi connectivity index (χ3v) is 3.61. The van der Waals surface area contributed by atoms with E-state index in [0.717, 1.165) is 28.5 Å². The average Bonchev–Trinajstić information content (AvgIpc) is 3.11. The zero-order valence-corrected chi connectivity index (χ0v) is 17.7. The Kier molecular flexibility index (Phi) is 7.66. The van der Waals surface area contributed by atoms with Crippen LogP contribution in [0.4, 0.5) is 5.69 Å². The number of hydrogen-bond acceptors (Lipinski definition) is 3. The molecule has 0 aliphatic rings. The van der Waals surface area contributed by atoms with Crippen LogP contribution in [0.15, 0.2) is 65.8 Å². The minimum atomic E-state index is 0. The topological polar surface area (TPSA) is 88.3 Å². The number of aromatic nitrogens is 2. The van der Waals surface area contributed by atoms with Crippen LogP contribution in [0, 0.1) is 0 Å². The van der Waals surface area contributed by atoms with Crippen LogP contribution >= 0.6 is 24.0 Å². The maximum atomic E-state index is 5.96. The van der Waals surface area contributed by atoms with Crippen molar-refractivity contribution in [3.63, 3.8) is 0 Å². The molecule has 0 saturated heterocycles. The van der Waals surface area contributed by atoms with E-state index >= 15 is 0 Å². The second-order valence-electron chi connectivity index (χ2n) is 6.13. The number of hydrogen-bond donors (Lipinski definition) is 3. The van der Waals surface area contributed by atoms with Crippen LogP contribution in [0.1, 0.15) is 19.7 Å². The number of aliphatic imine (C=N–C) groups is 1. The van der Waals surface area contributed by atoms with E-state index in [4.69, 9.17) is 10.5 Å². The molecular weight excluding hydrogens is 453 g/mol. The van der Waals surface area contributed by atoms with Crippen molar-refractivity contribution in [2.75, 3.05) is 5.32 Å². The third-order valence-electron chi connectivity index (χ3n) is 3.61. The lowest BCUT2D eigenvalue weighted by atomic mass is 10.2. The zero-order valence-electron chi connectivity index (χ0n) is 15.3. The summed E-state index contributed by atoms with van der Waals surface area (Å²) >= 11 is 0. The van der Waals surface area contributed by atoms with E-state index < -0.39 is 0 Å². The number of nitrogens with two attached hydrogens (primary N) is 1. The van der Waals surface area contributed by atoms with Crippen LogP contribution in [-0.2, 0) is 6.54 Å². The molecule has 1 aromatic heterocycles. The number of guanidine groups is 1. The first-order valence-electron chi connectivity index (χ1n) is 8.53. The normalized spacial score (nSPS) is 11.1. The second-order valence-corrected chi connectivity index (χ2v) is 6.13. The summed E-state index contributed by atoms with van der Waals surface area (Å²) in [6.07, 6.45) is 1.95. The maximum Gasteiger partial charge on any atom is 0.193 e. The van der Waals surface area contributed by atoms with Crippen molar-refractivity contribution in [1.82, 2.24) is 9.97 Å². The van der Waals surface area contributed by atoms with Crippen molar-refractivity contribution >= 4 is 35.6 Å². The third kappa shape index (κ3) is 6.28. The Labute approximate surface area is 176 Å². The molecule has 0 bridgehead atoms. The van der Waals surface area contributed by atoms with Gasteiger partial charge in [0.1, 0.15) is 18.1 Å². The Hall–Kier alpha value is -2.55. The van der Waals surface area contributed by atoms with Crippen molar-refractivity contribution in [1.29, 1.82) is 0 Å². The maximum absolute atomic E-state index is 5.96. The fourth-order valence-corrected chi connectivity index (χ4v) is 2.44. The van der Waals surface area contributed by atoms with Crippen molar-refractivity contribution in [3.05, 3.63) is 66.6 Å². The van der Waals surface area contributed by atoms with Gasteiger partial charge >= 0.3 is 0 Å². The predicted octanol–water partition coefficient (Wildman–Crippen LogP) is 4.41. The molecule has 0 radical (unpaired) electrons. The van der Waals surface area contributed by atoms with Gasteiger partial charge in [0.15, 0.2) is 5.96 Å². The number of nitrogens with zero attached hydrogens (tertiary/aromatic N) is 2. The molecule has 0 aliphatic carbocycles. The second kappa shape index (κ2) is 9.96. The summed E-state index contributed by atoms with van der Waals surface area (Å²) < 4.78 is 5.62. The summed E-state index contributed by atoms with van der Waals surface area (Å²) in [7, 11) is 0. The summed E-state index contributed by atoms with van der Waals surface area (Å²) in [5, 5.41) is 3.06. The minimum Gasteiger partial charge on any atom is -0.491 e. The Bertz CT molecular complexity index is 860. The van der Waals surface area contributed by atoms with E-state index in [9.17, 15) is 0 Å². The summed E-state index contributed by atoms with van der Waals surface area (Å²) in [6.45, 7) is 4.36. The standard InChI is InChI=1S/C20H23N5O.HI/c1-14(2)26-17-10-8-16(9-11-17)24-20(21)23-13-19-22-12-18(25-19)15-6-4-3-5-7-15;/h3-12,14H,13H2,1-2H3,(H,22,25)(H3,21,23,24);1H. The van der Waals surface area contributed by atoms with E-state index in [2.05, 4.69) is 20.3 Å². The van der Waals surface area contributed by atoms with Crippen molar-refractivity contribution in [2.45, 2.75) is 26.5 Å². The fourth-order valence-electron chi connectivity index (χ4n) is 2.44. The summed E-state index contributed by atoms with van der Waals surface area (Å²) in [5.74, 6) is 1.92. The van der Waals surface area contributed by atoms with E-state index in [1.54, 1.807) is 6.20 Å². The molecule has 7 heteroatoms. The Morgan fingerprint density at radius 3 is 2.52 bits per heavy atom. The molecule has 0 unspecified atom stereocenters. The molecule has 6 nitrogen and oxygen atoms in total. The van der Waals surface area contributed by atoms with Gasteiger partial charge in [-0.15, -0.1) is 24.0 Å². The zero-order chi connectivity index (χ0) is 18.4. The molecule has 2 aromatic carbocycles. The number of imidazole rings is 1. The number of benzene rings is 2. The first kappa shape index (κ1) is 20.8. The lowest BCUT2D eigenvalue weighted by molar-refractivity contribution is 0.242. The molecule has 3 rings (SSSR count). The van der Waals surface area contributed by atoms with Gasteiger partial charge in [-0.2, -0.15) is 0 Å². The number of anilines is 1. The van der Waals surface area contributed by atoms with E-state index in [0.29, 0.717) is 12.5 Å². The van der Waals surface area contributed by atoms with Gasteiger partial charge in [-0.25, -0.2) is 9.98 Å². The summed E-state index contributed by atoms with van der Waals surface area (Å²) in [4.78, 5) is 11.9. The van der Waals surface area contributed by atoms with Crippen LogP contribution in [0.25, 0.3) is 11.3 Å². The molecule has 1 heterocycles. The van der Waals surface area contributed by atoms with Gasteiger partial charge in [-0.05, 0) is 43.7 Å². The predicted molar refractivity (Wildman–Crippen MR) is 121 cm³/mol. The molecule has 4 N–H and O–H groups in total. The molecular formula is C20H24IN5O. The average molecular weight is 477 g/mol. The van der Waals surface area contributed by atoms with Crippen LogP contribution in [0.5, 0.6) is 5.75 Å². The number of rotatable bonds is 6. The highest BCUT2D eigenvalue weighted by Gasteiger charge is 2.03. The molecule has 0 spiro atoms. The van der Waals surface area contributed by atoms with Gasteiger partial charge in [-0.3, -0.25) is 0 Å². The first-order valence-corrected chi connectivity index (χ1v) is 8.53. The van der Waals surface area contributed by atoms with Crippen molar-refractivity contribution in [3.8, 4) is 17.0 Å². The monoisotopic (exact) mass is 477 g/mol. The van der Waals surface area contributed by atoms with Crippen LogP contribution in [-0.4, -0.2) is 22.0 Å². The first-order chi connectivity index (χ1) is 12.6. The Balaban J connectivity index is 0.00000261. The molecule has 27 heavy (non-hydrogen) atoms. The fraction of sp³-hybridized carbons (Fsp3) is 0.200. The van der Waals surface area contributed by atoms with Crippen LogP contribution in [0.2, 0.25) is 0 Å². The Morgan fingerprint density at radius 2 is 1.85 bits per heavy atom. The van der Waals surface area contributed by atoms with Crippen LogP contribution in [0.3, 0.4) is 0 Å². The van der Waals surface area contributed by atoms with Gasteiger partial charge in [-0.1, -0.05) is 30.3 Å². The number of H-pyrrole nitrogens is 1. The molecule has 0 saturated carbocycles. The SMILES string of the molecule is CC(C)Oc1ccc(NC(N)=NCc2ncc(-c3ccccc3)[nH]2)cc1.I. The quantitative estimate of drug-likeness (QED) is 0.279. The highest BCUT2D eigenvalue weighted by atomic mass is 127. The van der Waals surface area contributed by atoms with Crippen molar-refractivity contribution < 1.29 is 4.74 Å². The van der Waals surface area contributed by atoms with Gasteiger partial charge in [0, 0.05) is 5.69 Å². The van der Waals surface area contributed by atoms with E-state index in [-0.39, 0.29) is 30.1 Å². The lowest BCUT2D eigenvalue weighted by Crippen LogP contribution is -2.22. The van der Waals surface area contributed by atoms with E-state index in [1.807, 2.05) is 68.4 Å². The number of halogens is 1. The smallest absolute Gasteiger partial charge is 0.193 e. The molecule has 0 fully saturated rings. The molecule has 3 aromatic rings. The molecule has 0 aliphatic heterocycles. The number of aromatic amines is 1. The van der Waals surface area contributed by atoms with Gasteiger partial charge in [0.2, 0.25) is 0 Å². The number of nitrogens with one attached hydrogen (secondary N) is 2. The van der Waals surface area contributed by atoms with E-state index in [1.165, 1.54) is 0 Å². The number of ether oxygens (including phenoxy) is 1. The lowest BCUT2D eigenvalue weighted by Gasteiger charge is -2.10.